The van der Waals surface area contributed by atoms with Crippen molar-refractivity contribution in [3.63, 3.8) is 0 Å². The molecule has 0 heterocycles. The Kier molecular flexibility index (Phi) is 5.06. The molecule has 126 valence electrons. The lowest BCUT2D eigenvalue weighted by Crippen LogP contribution is -2.38. The zero-order valence-corrected chi connectivity index (χ0v) is 13.6. The van der Waals surface area contributed by atoms with E-state index in [1.165, 1.54) is 0 Å². The van der Waals surface area contributed by atoms with E-state index in [1.54, 1.807) is 39.0 Å². The maximum absolute atomic E-state index is 11.6. The summed E-state index contributed by atoms with van der Waals surface area (Å²) in [5.41, 5.74) is 1.47. The van der Waals surface area contributed by atoms with Crippen molar-refractivity contribution in [1.29, 1.82) is 0 Å². The third kappa shape index (κ3) is 4.53. The molecule has 3 N–H and O–H groups in total. The fourth-order valence-corrected chi connectivity index (χ4v) is 2.50. The third-order valence-corrected chi connectivity index (χ3v) is 3.61. The van der Waals surface area contributed by atoms with Crippen molar-refractivity contribution in [2.75, 3.05) is 6.54 Å². The van der Waals surface area contributed by atoms with Crippen LogP contribution in [0.15, 0.2) is 18.2 Å². The maximum Gasteiger partial charge on any atom is 0.407 e. The molecule has 0 saturated carbocycles. The van der Waals surface area contributed by atoms with Gasteiger partial charge < -0.3 is 20.3 Å². The van der Waals surface area contributed by atoms with Crippen molar-refractivity contribution in [3.8, 4) is 0 Å². The van der Waals surface area contributed by atoms with Crippen molar-refractivity contribution in [2.45, 2.75) is 51.4 Å². The number of fused-ring (bicyclic) bond motifs is 1. The normalized spacial score (nSPS) is 16.7. The molecule has 1 aliphatic rings. The number of rotatable bonds is 4. The Hall–Kier alpha value is -1.92. The second-order valence-electron chi connectivity index (χ2n) is 6.73. The van der Waals surface area contributed by atoms with Crippen LogP contribution < -0.4 is 5.32 Å². The molecule has 0 fully saturated rings. The molecule has 1 amide bonds. The molecule has 2 rings (SSSR count). The Morgan fingerprint density at radius 3 is 2.65 bits per heavy atom. The standard InChI is InChI=1S/C17H23NO5/c1-17(2,3)23-16(22)18-9-14(20)15(21)11-4-6-12-10(8-11)5-7-13(12)19/h4,6,8,14-15,20-21H,5,7,9H2,1-3H3,(H,18,22). The van der Waals surface area contributed by atoms with Gasteiger partial charge in [-0.2, -0.15) is 0 Å². The van der Waals surface area contributed by atoms with E-state index < -0.39 is 23.9 Å². The molecule has 2 atom stereocenters. The van der Waals surface area contributed by atoms with E-state index in [0.717, 1.165) is 5.56 Å². The lowest BCUT2D eigenvalue weighted by atomic mass is 9.99. The molecule has 0 bridgehead atoms. The second-order valence-corrected chi connectivity index (χ2v) is 6.73. The third-order valence-electron chi connectivity index (χ3n) is 3.61. The first-order valence-corrected chi connectivity index (χ1v) is 7.66. The van der Waals surface area contributed by atoms with Crippen molar-refractivity contribution in [3.05, 3.63) is 34.9 Å². The van der Waals surface area contributed by atoms with Gasteiger partial charge in [-0.15, -0.1) is 0 Å². The Balaban J connectivity index is 1.94. The van der Waals surface area contributed by atoms with Crippen LogP contribution >= 0.6 is 0 Å². The van der Waals surface area contributed by atoms with Gasteiger partial charge in [0, 0.05) is 18.5 Å². The summed E-state index contributed by atoms with van der Waals surface area (Å²) in [6.07, 6.45) is -1.83. The van der Waals surface area contributed by atoms with Crippen molar-refractivity contribution in [1.82, 2.24) is 5.32 Å². The average molecular weight is 321 g/mol. The smallest absolute Gasteiger partial charge is 0.407 e. The number of hydrogen-bond donors (Lipinski definition) is 3. The van der Waals surface area contributed by atoms with Crippen LogP contribution in [0.1, 0.15) is 54.8 Å². The summed E-state index contributed by atoms with van der Waals surface area (Å²) in [6, 6.07) is 5.04. The van der Waals surface area contributed by atoms with Crippen LogP contribution in [0.5, 0.6) is 0 Å². The maximum atomic E-state index is 11.6. The lowest BCUT2D eigenvalue weighted by molar-refractivity contribution is 0.0129. The van der Waals surface area contributed by atoms with E-state index >= 15 is 0 Å². The summed E-state index contributed by atoms with van der Waals surface area (Å²) in [4.78, 5) is 23.1. The average Bonchev–Trinajstić information content (AvgIpc) is 2.83. The highest BCUT2D eigenvalue weighted by Gasteiger charge is 2.24. The van der Waals surface area contributed by atoms with Crippen LogP contribution in [0.4, 0.5) is 4.79 Å². The number of hydrogen-bond acceptors (Lipinski definition) is 5. The highest BCUT2D eigenvalue weighted by Crippen LogP contribution is 2.26. The predicted octanol–water partition coefficient (Wildman–Crippen LogP) is 1.73. The van der Waals surface area contributed by atoms with Crippen molar-refractivity contribution < 1.29 is 24.5 Å². The minimum Gasteiger partial charge on any atom is -0.444 e. The quantitative estimate of drug-likeness (QED) is 0.785. The van der Waals surface area contributed by atoms with E-state index in [1.807, 2.05) is 0 Å². The molecular weight excluding hydrogens is 298 g/mol. The molecule has 0 aromatic heterocycles. The molecule has 0 radical (unpaired) electrons. The molecule has 1 aliphatic carbocycles. The summed E-state index contributed by atoms with van der Waals surface area (Å²) >= 11 is 0. The number of ketones is 1. The largest absolute Gasteiger partial charge is 0.444 e. The molecule has 23 heavy (non-hydrogen) atoms. The van der Waals surface area contributed by atoms with Gasteiger partial charge in [0.05, 0.1) is 0 Å². The van der Waals surface area contributed by atoms with Crippen molar-refractivity contribution >= 4 is 11.9 Å². The van der Waals surface area contributed by atoms with E-state index in [2.05, 4.69) is 5.32 Å². The summed E-state index contributed by atoms with van der Waals surface area (Å²) in [7, 11) is 0. The molecule has 0 saturated heterocycles. The zero-order chi connectivity index (χ0) is 17.2. The van der Waals surface area contributed by atoms with Gasteiger partial charge in [-0.05, 0) is 38.3 Å². The number of alkyl carbamates (subject to hydrolysis) is 1. The first kappa shape index (κ1) is 17.4. The van der Waals surface area contributed by atoms with Crippen LogP contribution in [0.25, 0.3) is 0 Å². The van der Waals surface area contributed by atoms with E-state index in [4.69, 9.17) is 4.74 Å². The molecule has 6 nitrogen and oxygen atoms in total. The molecule has 0 spiro atoms. The van der Waals surface area contributed by atoms with Gasteiger partial charge in [0.1, 0.15) is 17.8 Å². The Morgan fingerprint density at radius 2 is 2.00 bits per heavy atom. The van der Waals surface area contributed by atoms with Gasteiger partial charge in [0.15, 0.2) is 5.78 Å². The highest BCUT2D eigenvalue weighted by molar-refractivity contribution is 6.00. The van der Waals surface area contributed by atoms with Crippen molar-refractivity contribution in [2.24, 2.45) is 0 Å². The van der Waals surface area contributed by atoms with E-state index in [-0.39, 0.29) is 12.3 Å². The first-order chi connectivity index (χ1) is 10.7. The van der Waals surface area contributed by atoms with Crippen LogP contribution in [-0.4, -0.2) is 40.3 Å². The Labute approximate surface area is 135 Å². The monoisotopic (exact) mass is 321 g/mol. The number of amides is 1. The Bertz CT molecular complexity index is 605. The minimum atomic E-state index is -1.17. The molecule has 0 aliphatic heterocycles. The zero-order valence-electron chi connectivity index (χ0n) is 13.6. The number of aryl methyl sites for hydroxylation is 1. The minimum absolute atomic E-state index is 0.105. The number of ether oxygens (including phenoxy) is 1. The van der Waals surface area contributed by atoms with Gasteiger partial charge in [-0.25, -0.2) is 4.79 Å². The number of benzene rings is 1. The fraction of sp³-hybridized carbons (Fsp3) is 0.529. The molecular formula is C17H23NO5. The number of carbonyl (C=O) groups is 2. The number of nitrogens with one attached hydrogen (secondary N) is 1. The number of aliphatic hydroxyl groups is 2. The molecule has 1 aromatic carbocycles. The van der Waals surface area contributed by atoms with E-state index in [9.17, 15) is 19.8 Å². The fourth-order valence-electron chi connectivity index (χ4n) is 2.50. The van der Waals surface area contributed by atoms with E-state index in [0.29, 0.717) is 24.0 Å². The Morgan fingerprint density at radius 1 is 1.30 bits per heavy atom. The highest BCUT2D eigenvalue weighted by atomic mass is 16.6. The number of carbonyl (C=O) groups excluding carboxylic acids is 2. The van der Waals surface area contributed by atoms with Gasteiger partial charge >= 0.3 is 6.09 Å². The van der Waals surface area contributed by atoms with Gasteiger partial charge in [0.2, 0.25) is 0 Å². The number of aliphatic hydroxyl groups excluding tert-OH is 2. The van der Waals surface area contributed by atoms with Crippen LogP contribution in [-0.2, 0) is 11.2 Å². The molecule has 2 unspecified atom stereocenters. The summed E-state index contributed by atoms with van der Waals surface area (Å²) in [5, 5.41) is 22.7. The summed E-state index contributed by atoms with van der Waals surface area (Å²) < 4.78 is 5.07. The van der Waals surface area contributed by atoms with Crippen LogP contribution in [0.2, 0.25) is 0 Å². The van der Waals surface area contributed by atoms with Gasteiger partial charge in [-0.3, -0.25) is 4.79 Å². The molecule has 6 heteroatoms. The topological polar surface area (TPSA) is 95.9 Å². The van der Waals surface area contributed by atoms with Gasteiger partial charge in [0.25, 0.3) is 0 Å². The van der Waals surface area contributed by atoms with Gasteiger partial charge in [-0.1, -0.05) is 18.2 Å². The SMILES string of the molecule is CC(C)(C)OC(=O)NCC(O)C(O)c1ccc2c(c1)CCC2=O. The van der Waals surface area contributed by atoms with Crippen LogP contribution in [0, 0.1) is 0 Å². The lowest BCUT2D eigenvalue weighted by Gasteiger charge is -2.22. The first-order valence-electron chi connectivity index (χ1n) is 7.66. The summed E-state index contributed by atoms with van der Waals surface area (Å²) in [6.45, 7) is 5.09. The second kappa shape index (κ2) is 6.68. The van der Waals surface area contributed by atoms with Crippen LogP contribution in [0.3, 0.4) is 0 Å². The molecule has 1 aromatic rings. The summed E-state index contributed by atoms with van der Waals surface area (Å²) in [5.74, 6) is 0.105. The number of Topliss-reactive ketones (excluding diaryl/α,β-unsaturated/α-hetero) is 1. The predicted molar refractivity (Wildman–Crippen MR) is 84.3 cm³/mol.